The Morgan fingerprint density at radius 3 is 2.78 bits per heavy atom. The predicted molar refractivity (Wildman–Crippen MR) is 85.8 cm³/mol. The number of aromatic amines is 1. The highest BCUT2D eigenvalue weighted by atomic mass is 19.1. The van der Waals surface area contributed by atoms with Gasteiger partial charge in [0.15, 0.2) is 5.69 Å². The molecule has 4 nitrogen and oxygen atoms in total. The van der Waals surface area contributed by atoms with E-state index in [2.05, 4.69) is 10.2 Å². The van der Waals surface area contributed by atoms with Crippen LogP contribution in [0.25, 0.3) is 10.9 Å². The Hall–Kier alpha value is -2.69. The lowest BCUT2D eigenvalue weighted by molar-refractivity contribution is 0.0787. The van der Waals surface area contributed by atoms with Crippen molar-refractivity contribution in [3.05, 3.63) is 65.6 Å². The summed E-state index contributed by atoms with van der Waals surface area (Å²) in [6, 6.07) is 14.2. The van der Waals surface area contributed by atoms with Crippen molar-refractivity contribution in [1.29, 1.82) is 0 Å². The third kappa shape index (κ3) is 2.48. The van der Waals surface area contributed by atoms with Gasteiger partial charge in [-0.05, 0) is 30.2 Å². The van der Waals surface area contributed by atoms with Crippen LogP contribution in [0, 0.1) is 5.82 Å². The van der Waals surface area contributed by atoms with E-state index in [0.717, 1.165) is 22.9 Å². The van der Waals surface area contributed by atoms with Gasteiger partial charge in [0.2, 0.25) is 0 Å². The van der Waals surface area contributed by atoms with Gasteiger partial charge in [-0.2, -0.15) is 5.10 Å². The Kier molecular flexibility index (Phi) is 3.33. The molecule has 3 aromatic rings. The van der Waals surface area contributed by atoms with Gasteiger partial charge in [0.25, 0.3) is 5.91 Å². The molecule has 0 saturated carbocycles. The van der Waals surface area contributed by atoms with E-state index in [1.807, 2.05) is 29.2 Å². The largest absolute Gasteiger partial charge is 0.337 e. The Morgan fingerprint density at radius 2 is 1.96 bits per heavy atom. The number of nitrogens with zero attached hydrogens (tertiary/aromatic N) is 2. The summed E-state index contributed by atoms with van der Waals surface area (Å²) in [5.41, 5.74) is 2.42. The molecule has 1 N–H and O–H groups in total. The second-order valence-corrected chi connectivity index (χ2v) is 5.91. The molecule has 2 heterocycles. The predicted octanol–water partition coefficient (Wildman–Crippen LogP) is 3.33. The molecule has 2 aromatic carbocycles. The average molecular weight is 309 g/mol. The lowest BCUT2D eigenvalue weighted by Gasteiger charge is -2.15. The van der Waals surface area contributed by atoms with Crippen molar-refractivity contribution in [1.82, 2.24) is 15.1 Å². The van der Waals surface area contributed by atoms with Crippen LogP contribution in [0.1, 0.15) is 28.4 Å². The number of aromatic nitrogens is 2. The molecule has 23 heavy (non-hydrogen) atoms. The molecule has 0 bridgehead atoms. The maximum Gasteiger partial charge on any atom is 0.275 e. The Bertz CT molecular complexity index is 856. The lowest BCUT2D eigenvalue weighted by atomic mass is 9.99. The smallest absolute Gasteiger partial charge is 0.275 e. The molecule has 5 heteroatoms. The minimum absolute atomic E-state index is 0.0490. The van der Waals surface area contributed by atoms with Crippen LogP contribution in [-0.2, 0) is 0 Å². The summed E-state index contributed by atoms with van der Waals surface area (Å²) in [6.07, 6.45) is 0.889. The summed E-state index contributed by atoms with van der Waals surface area (Å²) in [7, 11) is 0. The van der Waals surface area contributed by atoms with Crippen LogP contribution in [-0.4, -0.2) is 34.1 Å². The van der Waals surface area contributed by atoms with Crippen molar-refractivity contribution >= 4 is 16.8 Å². The van der Waals surface area contributed by atoms with Crippen LogP contribution in [0.2, 0.25) is 0 Å². The van der Waals surface area contributed by atoms with E-state index in [0.29, 0.717) is 18.8 Å². The van der Waals surface area contributed by atoms with E-state index in [-0.39, 0.29) is 17.6 Å². The Balaban J connectivity index is 1.55. The van der Waals surface area contributed by atoms with Gasteiger partial charge >= 0.3 is 0 Å². The summed E-state index contributed by atoms with van der Waals surface area (Å²) in [6.45, 7) is 1.34. The normalized spacial score (nSPS) is 17.8. The number of fused-ring (bicyclic) bond motifs is 1. The summed E-state index contributed by atoms with van der Waals surface area (Å²) in [5, 5.41) is 7.94. The van der Waals surface area contributed by atoms with E-state index in [1.165, 1.54) is 12.1 Å². The van der Waals surface area contributed by atoms with E-state index in [1.54, 1.807) is 12.1 Å². The summed E-state index contributed by atoms with van der Waals surface area (Å²) in [4.78, 5) is 14.6. The van der Waals surface area contributed by atoms with Crippen molar-refractivity contribution in [3.8, 4) is 0 Å². The van der Waals surface area contributed by atoms with Crippen LogP contribution >= 0.6 is 0 Å². The average Bonchev–Trinajstić information content (AvgIpc) is 3.22. The molecule has 1 aromatic heterocycles. The van der Waals surface area contributed by atoms with Gasteiger partial charge < -0.3 is 4.90 Å². The number of benzene rings is 2. The standard InChI is InChI=1S/C18H16FN3O/c19-14-7-5-12(6-8-14)13-9-10-22(11-13)18(23)17-15-3-1-2-4-16(15)20-21-17/h1-8,13H,9-11H2,(H,20,21)/t13-/m1/s1. The zero-order valence-corrected chi connectivity index (χ0v) is 12.5. The first-order valence-corrected chi connectivity index (χ1v) is 7.70. The van der Waals surface area contributed by atoms with E-state index in [9.17, 15) is 9.18 Å². The Morgan fingerprint density at radius 1 is 1.17 bits per heavy atom. The van der Waals surface area contributed by atoms with Crippen LogP contribution in [0.4, 0.5) is 4.39 Å². The highest BCUT2D eigenvalue weighted by Crippen LogP contribution is 2.29. The number of H-pyrrole nitrogens is 1. The SMILES string of the molecule is O=C(c1n[nH]c2ccccc12)N1CC[C@@H](c2ccc(F)cc2)C1. The number of amides is 1. The number of hydrogen-bond acceptors (Lipinski definition) is 2. The molecule has 0 radical (unpaired) electrons. The monoisotopic (exact) mass is 309 g/mol. The van der Waals surface area contributed by atoms with Crippen LogP contribution < -0.4 is 0 Å². The number of para-hydroxylation sites is 1. The first-order chi connectivity index (χ1) is 11.2. The molecule has 1 aliphatic rings. The molecule has 1 fully saturated rings. The third-order valence-corrected chi connectivity index (χ3v) is 4.49. The van der Waals surface area contributed by atoms with Gasteiger partial charge in [-0.3, -0.25) is 9.89 Å². The van der Waals surface area contributed by atoms with Gasteiger partial charge in [0.05, 0.1) is 5.52 Å². The van der Waals surface area contributed by atoms with E-state index in [4.69, 9.17) is 0 Å². The van der Waals surface area contributed by atoms with Crippen molar-refractivity contribution in [2.45, 2.75) is 12.3 Å². The maximum atomic E-state index is 13.0. The fraction of sp³-hybridized carbons (Fsp3) is 0.222. The first-order valence-electron chi connectivity index (χ1n) is 7.70. The number of carbonyl (C=O) groups is 1. The molecule has 116 valence electrons. The molecule has 1 atom stereocenters. The molecule has 0 spiro atoms. The van der Waals surface area contributed by atoms with Crippen LogP contribution in [0.3, 0.4) is 0 Å². The summed E-state index contributed by atoms with van der Waals surface area (Å²) < 4.78 is 13.0. The molecule has 0 unspecified atom stereocenters. The van der Waals surface area contributed by atoms with Gasteiger partial charge in [-0.25, -0.2) is 4.39 Å². The highest BCUT2D eigenvalue weighted by Gasteiger charge is 2.29. The number of likely N-dealkylation sites (tertiary alicyclic amines) is 1. The molecule has 4 rings (SSSR count). The van der Waals surface area contributed by atoms with Gasteiger partial charge in [-0.15, -0.1) is 0 Å². The van der Waals surface area contributed by atoms with Crippen LogP contribution in [0.15, 0.2) is 48.5 Å². The molecule has 1 aliphatic heterocycles. The second kappa shape index (κ2) is 5.50. The number of carbonyl (C=O) groups excluding carboxylic acids is 1. The fourth-order valence-corrected chi connectivity index (χ4v) is 3.23. The number of halogens is 1. The van der Waals surface area contributed by atoms with E-state index >= 15 is 0 Å². The van der Waals surface area contributed by atoms with Gasteiger partial charge in [-0.1, -0.05) is 30.3 Å². The number of nitrogens with one attached hydrogen (secondary N) is 1. The zero-order valence-electron chi connectivity index (χ0n) is 12.5. The van der Waals surface area contributed by atoms with E-state index < -0.39 is 0 Å². The summed E-state index contributed by atoms with van der Waals surface area (Å²) in [5.74, 6) is -0.0283. The molecular formula is C18H16FN3O. The van der Waals surface area contributed by atoms with Crippen molar-refractivity contribution in [2.75, 3.05) is 13.1 Å². The first kappa shape index (κ1) is 13.9. The van der Waals surface area contributed by atoms with Gasteiger partial charge in [0, 0.05) is 24.4 Å². The van der Waals surface area contributed by atoms with Crippen molar-refractivity contribution < 1.29 is 9.18 Å². The zero-order chi connectivity index (χ0) is 15.8. The third-order valence-electron chi connectivity index (χ3n) is 4.49. The van der Waals surface area contributed by atoms with Crippen molar-refractivity contribution in [2.24, 2.45) is 0 Å². The number of rotatable bonds is 2. The summed E-state index contributed by atoms with van der Waals surface area (Å²) >= 11 is 0. The quantitative estimate of drug-likeness (QED) is 0.789. The minimum Gasteiger partial charge on any atom is -0.337 e. The molecule has 0 aliphatic carbocycles. The molecular weight excluding hydrogens is 293 g/mol. The van der Waals surface area contributed by atoms with Gasteiger partial charge in [0.1, 0.15) is 5.82 Å². The lowest BCUT2D eigenvalue weighted by Crippen LogP contribution is -2.28. The number of hydrogen-bond donors (Lipinski definition) is 1. The minimum atomic E-state index is -0.234. The Labute approximate surface area is 132 Å². The van der Waals surface area contributed by atoms with Crippen molar-refractivity contribution in [3.63, 3.8) is 0 Å². The second-order valence-electron chi connectivity index (χ2n) is 5.91. The molecule has 1 saturated heterocycles. The highest BCUT2D eigenvalue weighted by molar-refractivity contribution is 6.04. The maximum absolute atomic E-state index is 13.0. The van der Waals surface area contributed by atoms with Crippen LogP contribution in [0.5, 0.6) is 0 Å². The molecule has 1 amide bonds. The fourth-order valence-electron chi connectivity index (χ4n) is 3.23. The topological polar surface area (TPSA) is 49.0 Å².